The second-order valence-corrected chi connectivity index (χ2v) is 6.61. The molecule has 0 bridgehead atoms. The Morgan fingerprint density at radius 3 is 3.00 bits per heavy atom. The monoisotopic (exact) mass is 390 g/mol. The maximum Gasteiger partial charge on any atom is 0.271 e. The largest absolute Gasteiger partial charge is 0.507 e. The van der Waals surface area contributed by atoms with Gasteiger partial charge in [-0.05, 0) is 36.4 Å². The van der Waals surface area contributed by atoms with Crippen LogP contribution in [0.2, 0.25) is 0 Å². The van der Waals surface area contributed by atoms with Gasteiger partial charge in [-0.1, -0.05) is 27.3 Å². The zero-order valence-electron chi connectivity index (χ0n) is 11.7. The molecule has 2 aromatic carbocycles. The van der Waals surface area contributed by atoms with Crippen molar-refractivity contribution in [2.75, 3.05) is 5.73 Å². The van der Waals surface area contributed by atoms with Crippen molar-refractivity contribution in [1.29, 1.82) is 0 Å². The van der Waals surface area contributed by atoms with Gasteiger partial charge < -0.3 is 10.8 Å². The van der Waals surface area contributed by atoms with Gasteiger partial charge in [-0.3, -0.25) is 4.79 Å². The van der Waals surface area contributed by atoms with Crippen molar-refractivity contribution in [2.45, 2.75) is 0 Å². The first-order chi connectivity index (χ1) is 11.0. The van der Waals surface area contributed by atoms with Crippen LogP contribution in [0.15, 0.2) is 46.0 Å². The van der Waals surface area contributed by atoms with Crippen LogP contribution in [0.3, 0.4) is 0 Å². The maximum absolute atomic E-state index is 12.1. The summed E-state index contributed by atoms with van der Waals surface area (Å²) >= 11 is 4.62. The van der Waals surface area contributed by atoms with Gasteiger partial charge in [0.25, 0.3) is 5.91 Å². The van der Waals surface area contributed by atoms with Crippen molar-refractivity contribution in [2.24, 2.45) is 5.10 Å². The van der Waals surface area contributed by atoms with Crippen LogP contribution < -0.4 is 11.2 Å². The number of carbonyl (C=O) groups excluding carboxylic acids is 1. The van der Waals surface area contributed by atoms with Gasteiger partial charge in [0.2, 0.25) is 0 Å². The number of aromatic nitrogens is 1. The number of anilines is 1. The minimum Gasteiger partial charge on any atom is -0.507 e. The Balaban J connectivity index is 1.75. The number of hydrogen-bond donors (Lipinski definition) is 3. The average molecular weight is 391 g/mol. The van der Waals surface area contributed by atoms with E-state index in [2.05, 4.69) is 31.4 Å². The highest BCUT2D eigenvalue weighted by atomic mass is 79.9. The van der Waals surface area contributed by atoms with E-state index in [1.54, 1.807) is 30.3 Å². The third-order valence-corrected chi connectivity index (χ3v) is 4.37. The van der Waals surface area contributed by atoms with E-state index in [-0.39, 0.29) is 11.7 Å². The van der Waals surface area contributed by atoms with Crippen molar-refractivity contribution < 1.29 is 9.90 Å². The molecule has 1 amide bonds. The fraction of sp³-hybridized carbons (Fsp3) is 0. The van der Waals surface area contributed by atoms with Crippen LogP contribution in [-0.4, -0.2) is 22.2 Å². The van der Waals surface area contributed by atoms with E-state index >= 15 is 0 Å². The fourth-order valence-corrected chi connectivity index (χ4v) is 3.09. The molecule has 6 nitrogen and oxygen atoms in total. The molecule has 8 heteroatoms. The summed E-state index contributed by atoms with van der Waals surface area (Å²) in [6.07, 6.45) is 1.38. The van der Waals surface area contributed by atoms with E-state index in [4.69, 9.17) is 5.73 Å². The summed E-state index contributed by atoms with van der Waals surface area (Å²) in [5.41, 5.74) is 9.77. The van der Waals surface area contributed by atoms with Gasteiger partial charge >= 0.3 is 0 Å². The molecule has 3 aromatic rings. The number of fused-ring (bicyclic) bond motifs is 1. The number of carbonyl (C=O) groups is 1. The quantitative estimate of drug-likeness (QED) is 0.472. The molecule has 0 aliphatic carbocycles. The molecule has 0 spiro atoms. The van der Waals surface area contributed by atoms with Gasteiger partial charge in [-0.2, -0.15) is 5.10 Å². The highest BCUT2D eigenvalue weighted by Crippen LogP contribution is 2.24. The number of hydrazone groups is 1. The number of hydrogen-bond acceptors (Lipinski definition) is 6. The van der Waals surface area contributed by atoms with E-state index in [0.717, 1.165) is 14.7 Å². The molecule has 116 valence electrons. The Morgan fingerprint density at radius 1 is 1.35 bits per heavy atom. The molecule has 0 aliphatic rings. The molecule has 1 aromatic heterocycles. The second kappa shape index (κ2) is 6.35. The van der Waals surface area contributed by atoms with Gasteiger partial charge in [0.05, 0.1) is 16.4 Å². The summed E-state index contributed by atoms with van der Waals surface area (Å²) in [6, 6.07) is 10.0. The zero-order valence-corrected chi connectivity index (χ0v) is 14.1. The molecule has 0 radical (unpaired) electrons. The van der Waals surface area contributed by atoms with Crippen LogP contribution in [-0.2, 0) is 0 Å². The van der Waals surface area contributed by atoms with E-state index in [9.17, 15) is 9.90 Å². The third kappa shape index (κ3) is 3.49. The lowest BCUT2D eigenvalue weighted by molar-refractivity contribution is 0.0955. The van der Waals surface area contributed by atoms with Gasteiger partial charge in [-0.15, -0.1) is 0 Å². The number of amides is 1. The van der Waals surface area contributed by atoms with E-state index in [1.807, 2.05) is 0 Å². The SMILES string of the molecule is Nc1nc2ccc(C(=O)N/N=C\c3cc(Br)ccc3O)cc2s1. The molecule has 1 heterocycles. The van der Waals surface area contributed by atoms with E-state index in [1.165, 1.54) is 23.6 Å². The Morgan fingerprint density at radius 2 is 2.17 bits per heavy atom. The number of nitrogen functional groups attached to an aromatic ring is 1. The van der Waals surface area contributed by atoms with E-state index in [0.29, 0.717) is 16.3 Å². The van der Waals surface area contributed by atoms with Gasteiger partial charge in [0, 0.05) is 15.6 Å². The van der Waals surface area contributed by atoms with Gasteiger partial charge in [0.1, 0.15) is 5.75 Å². The van der Waals surface area contributed by atoms with Crippen LogP contribution in [0.4, 0.5) is 5.13 Å². The van der Waals surface area contributed by atoms with Crippen molar-refractivity contribution in [3.8, 4) is 5.75 Å². The predicted molar refractivity (Wildman–Crippen MR) is 94.9 cm³/mol. The summed E-state index contributed by atoms with van der Waals surface area (Å²) < 4.78 is 1.64. The minimum atomic E-state index is -0.357. The summed E-state index contributed by atoms with van der Waals surface area (Å²) in [5.74, 6) is -0.280. The van der Waals surface area contributed by atoms with E-state index < -0.39 is 0 Å². The minimum absolute atomic E-state index is 0.0766. The summed E-state index contributed by atoms with van der Waals surface area (Å²) in [6.45, 7) is 0. The summed E-state index contributed by atoms with van der Waals surface area (Å²) in [4.78, 5) is 16.2. The van der Waals surface area contributed by atoms with Crippen LogP contribution in [0.25, 0.3) is 10.2 Å². The molecule has 0 atom stereocenters. The van der Waals surface area contributed by atoms with Crippen LogP contribution >= 0.6 is 27.3 Å². The van der Waals surface area contributed by atoms with Crippen molar-refractivity contribution >= 4 is 54.7 Å². The molecular formula is C15H11BrN4O2S. The van der Waals surface area contributed by atoms with Crippen LogP contribution in [0.5, 0.6) is 5.75 Å². The fourth-order valence-electron chi connectivity index (χ4n) is 1.94. The van der Waals surface area contributed by atoms with Crippen LogP contribution in [0, 0.1) is 0 Å². The molecule has 0 fully saturated rings. The predicted octanol–water partition coefficient (Wildman–Crippen LogP) is 3.11. The first kappa shape index (κ1) is 15.4. The number of phenolic OH excluding ortho intramolecular Hbond substituents is 1. The molecule has 0 aliphatic heterocycles. The standard InChI is InChI=1S/C15H11BrN4O2S/c16-10-2-4-12(21)9(5-10)7-18-20-14(22)8-1-3-11-13(6-8)23-15(17)19-11/h1-7,21H,(H2,17,19)(H,20,22)/b18-7-. The summed E-state index contributed by atoms with van der Waals surface area (Å²) in [5, 5.41) is 14.0. The number of rotatable bonds is 3. The third-order valence-electron chi connectivity index (χ3n) is 3.03. The lowest BCUT2D eigenvalue weighted by Gasteiger charge is -2.01. The average Bonchev–Trinajstić information content (AvgIpc) is 2.89. The van der Waals surface area contributed by atoms with Crippen molar-refractivity contribution in [3.63, 3.8) is 0 Å². The lowest BCUT2D eigenvalue weighted by atomic mass is 10.2. The number of thiazole rings is 1. The number of benzene rings is 2. The number of nitrogens with two attached hydrogens (primary N) is 1. The molecule has 0 saturated carbocycles. The highest BCUT2D eigenvalue weighted by molar-refractivity contribution is 9.10. The van der Waals surface area contributed by atoms with Gasteiger partial charge in [-0.25, -0.2) is 10.4 Å². The van der Waals surface area contributed by atoms with Crippen LogP contribution in [0.1, 0.15) is 15.9 Å². The highest BCUT2D eigenvalue weighted by Gasteiger charge is 2.08. The molecule has 0 saturated heterocycles. The first-order valence-corrected chi connectivity index (χ1v) is 8.12. The number of aromatic hydroxyl groups is 1. The number of nitrogens with zero attached hydrogens (tertiary/aromatic N) is 2. The Labute approximate surface area is 143 Å². The Bertz CT molecular complexity index is 923. The molecule has 3 rings (SSSR count). The normalized spacial score (nSPS) is 11.2. The molecule has 23 heavy (non-hydrogen) atoms. The molecule has 4 N–H and O–H groups in total. The number of halogens is 1. The lowest BCUT2D eigenvalue weighted by Crippen LogP contribution is -2.17. The van der Waals surface area contributed by atoms with Crippen molar-refractivity contribution in [3.05, 3.63) is 52.0 Å². The summed E-state index contributed by atoms with van der Waals surface area (Å²) in [7, 11) is 0. The number of nitrogens with one attached hydrogen (secondary N) is 1. The Kier molecular flexibility index (Phi) is 4.26. The molecular weight excluding hydrogens is 380 g/mol. The maximum atomic E-state index is 12.1. The smallest absolute Gasteiger partial charge is 0.271 e. The zero-order chi connectivity index (χ0) is 16.4. The van der Waals surface area contributed by atoms with Crippen molar-refractivity contribution in [1.82, 2.24) is 10.4 Å². The number of phenols is 1. The first-order valence-electron chi connectivity index (χ1n) is 6.51. The molecule has 0 unspecified atom stereocenters. The second-order valence-electron chi connectivity index (χ2n) is 4.64. The Hall–Kier alpha value is -2.45. The topological polar surface area (TPSA) is 101 Å². The van der Waals surface area contributed by atoms with Gasteiger partial charge in [0.15, 0.2) is 5.13 Å².